The quantitative estimate of drug-likeness (QED) is 0.660. The molecule has 2 aromatic carbocycles. The van der Waals surface area contributed by atoms with E-state index < -0.39 is 22.6 Å². The van der Waals surface area contributed by atoms with Crippen molar-refractivity contribution in [2.45, 2.75) is 4.90 Å². The van der Waals surface area contributed by atoms with Crippen molar-refractivity contribution in [2.24, 2.45) is 0 Å². The monoisotopic (exact) mass is 393 g/mol. The lowest BCUT2D eigenvalue weighted by Gasteiger charge is -2.10. The number of aromatic nitrogens is 2. The number of carboxylic acids is 1. The van der Waals surface area contributed by atoms with Gasteiger partial charge in [0, 0.05) is 0 Å². The van der Waals surface area contributed by atoms with Gasteiger partial charge in [-0.15, -0.1) is 0 Å². The van der Waals surface area contributed by atoms with Crippen molar-refractivity contribution in [3.05, 3.63) is 53.7 Å². The first-order valence-corrected chi connectivity index (χ1v) is 9.11. The molecule has 0 radical (unpaired) electrons. The van der Waals surface area contributed by atoms with Crippen LogP contribution in [-0.2, 0) is 14.8 Å². The Morgan fingerprint density at radius 3 is 2.31 bits per heavy atom. The number of hydrogen-bond donors (Lipinski definition) is 2. The fourth-order valence-electron chi connectivity index (χ4n) is 2.09. The van der Waals surface area contributed by atoms with Gasteiger partial charge in [0.25, 0.3) is 10.0 Å². The molecule has 0 saturated carbocycles. The van der Waals surface area contributed by atoms with Crippen LogP contribution in [0, 0.1) is 0 Å². The molecule has 1 aromatic heterocycles. The van der Waals surface area contributed by atoms with Gasteiger partial charge in [-0.25, -0.2) is 23.2 Å². The molecule has 0 aliphatic carbocycles. The van der Waals surface area contributed by atoms with Crippen LogP contribution in [0.25, 0.3) is 11.0 Å². The Labute approximate surface area is 153 Å². The zero-order chi connectivity index (χ0) is 18.7. The Balaban J connectivity index is 1.84. The van der Waals surface area contributed by atoms with Crippen molar-refractivity contribution in [3.63, 3.8) is 0 Å². The van der Waals surface area contributed by atoms with Crippen LogP contribution in [0.15, 0.2) is 53.4 Å². The van der Waals surface area contributed by atoms with Crippen LogP contribution in [0.4, 0.5) is 5.82 Å². The number of ether oxygens (including phenoxy) is 1. The van der Waals surface area contributed by atoms with Gasteiger partial charge in [-0.3, -0.25) is 4.72 Å². The maximum Gasteiger partial charge on any atom is 0.341 e. The molecule has 0 unspecified atom stereocenters. The smallest absolute Gasteiger partial charge is 0.341 e. The first-order valence-electron chi connectivity index (χ1n) is 7.25. The number of rotatable bonds is 6. The van der Waals surface area contributed by atoms with E-state index in [4.69, 9.17) is 21.4 Å². The minimum Gasteiger partial charge on any atom is -0.482 e. The van der Waals surface area contributed by atoms with Gasteiger partial charge >= 0.3 is 5.97 Å². The van der Waals surface area contributed by atoms with E-state index in [-0.39, 0.29) is 21.6 Å². The highest BCUT2D eigenvalue weighted by atomic mass is 35.5. The largest absolute Gasteiger partial charge is 0.482 e. The summed E-state index contributed by atoms with van der Waals surface area (Å²) in [5.41, 5.74) is 1.03. The number of anilines is 1. The molecular formula is C16H12ClN3O5S. The highest BCUT2D eigenvalue weighted by Gasteiger charge is 2.18. The second-order valence-electron chi connectivity index (χ2n) is 5.11. The van der Waals surface area contributed by atoms with E-state index in [1.165, 1.54) is 24.3 Å². The number of nitrogens with one attached hydrogen (secondary N) is 1. The fraction of sp³-hybridized carbons (Fsp3) is 0.0625. The van der Waals surface area contributed by atoms with E-state index in [9.17, 15) is 13.2 Å². The second-order valence-corrected chi connectivity index (χ2v) is 7.15. The van der Waals surface area contributed by atoms with E-state index in [0.29, 0.717) is 11.0 Å². The van der Waals surface area contributed by atoms with Gasteiger partial charge in [0.1, 0.15) is 5.75 Å². The summed E-state index contributed by atoms with van der Waals surface area (Å²) in [4.78, 5) is 18.7. The van der Waals surface area contributed by atoms with Gasteiger partial charge in [-0.05, 0) is 36.4 Å². The third kappa shape index (κ3) is 4.01. The lowest BCUT2D eigenvalue weighted by atomic mass is 10.3. The minimum absolute atomic E-state index is 0.0637. The molecule has 3 aromatic rings. The Kier molecular flexibility index (Phi) is 4.92. The maximum absolute atomic E-state index is 12.5. The summed E-state index contributed by atoms with van der Waals surface area (Å²) in [6.07, 6.45) is 0. The van der Waals surface area contributed by atoms with Gasteiger partial charge in [0.2, 0.25) is 0 Å². The highest BCUT2D eigenvalue weighted by molar-refractivity contribution is 7.92. The molecule has 3 rings (SSSR count). The first-order chi connectivity index (χ1) is 12.3. The zero-order valence-electron chi connectivity index (χ0n) is 13.1. The third-order valence-corrected chi connectivity index (χ3v) is 4.87. The van der Waals surface area contributed by atoms with Gasteiger partial charge in [-0.2, -0.15) is 0 Å². The Hall–Kier alpha value is -2.91. The Morgan fingerprint density at radius 1 is 1.08 bits per heavy atom. The van der Waals surface area contributed by atoms with Crippen molar-refractivity contribution in [2.75, 3.05) is 11.3 Å². The number of halogens is 1. The molecule has 0 saturated heterocycles. The van der Waals surface area contributed by atoms with Crippen LogP contribution in [0.1, 0.15) is 0 Å². The van der Waals surface area contributed by atoms with Gasteiger partial charge in [0.15, 0.2) is 17.6 Å². The summed E-state index contributed by atoms with van der Waals surface area (Å²) < 4.78 is 32.2. The van der Waals surface area contributed by atoms with Crippen LogP contribution in [-0.4, -0.2) is 36.1 Å². The number of para-hydroxylation sites is 2. The van der Waals surface area contributed by atoms with Crippen LogP contribution in [0.5, 0.6) is 5.75 Å². The Bertz CT molecular complexity index is 1070. The topological polar surface area (TPSA) is 118 Å². The summed E-state index contributed by atoms with van der Waals surface area (Å²) >= 11 is 6.02. The maximum atomic E-state index is 12.5. The summed E-state index contributed by atoms with van der Waals surface area (Å²) in [6, 6.07) is 12.2. The number of nitrogens with zero attached hydrogens (tertiary/aromatic N) is 2. The molecular weight excluding hydrogens is 382 g/mol. The van der Waals surface area contributed by atoms with Crippen molar-refractivity contribution in [3.8, 4) is 5.75 Å². The van der Waals surface area contributed by atoms with Gasteiger partial charge in [-0.1, -0.05) is 23.7 Å². The number of fused-ring (bicyclic) bond motifs is 1. The highest BCUT2D eigenvalue weighted by Crippen LogP contribution is 2.24. The molecule has 0 bridgehead atoms. The second kappa shape index (κ2) is 7.14. The number of hydrogen-bond acceptors (Lipinski definition) is 6. The van der Waals surface area contributed by atoms with Gasteiger partial charge in [0.05, 0.1) is 15.9 Å². The molecule has 134 valence electrons. The van der Waals surface area contributed by atoms with E-state index in [1.807, 2.05) is 0 Å². The van der Waals surface area contributed by atoms with Crippen LogP contribution in [0.3, 0.4) is 0 Å². The number of carbonyl (C=O) groups is 1. The predicted octanol–water partition coefficient (Wildman–Crippen LogP) is 2.55. The van der Waals surface area contributed by atoms with Crippen molar-refractivity contribution >= 4 is 44.4 Å². The first kappa shape index (κ1) is 17.9. The van der Waals surface area contributed by atoms with Crippen molar-refractivity contribution in [1.29, 1.82) is 0 Å². The molecule has 10 heteroatoms. The van der Waals surface area contributed by atoms with Crippen molar-refractivity contribution in [1.82, 2.24) is 9.97 Å². The minimum atomic E-state index is -3.96. The number of benzene rings is 2. The average Bonchev–Trinajstić information content (AvgIpc) is 2.61. The van der Waals surface area contributed by atoms with Crippen LogP contribution >= 0.6 is 11.6 Å². The van der Waals surface area contributed by atoms with Gasteiger partial charge < -0.3 is 9.84 Å². The summed E-state index contributed by atoms with van der Waals surface area (Å²) in [5, 5.41) is 8.49. The normalized spacial score (nSPS) is 11.3. The SMILES string of the molecule is O=C(O)COc1ccc(S(=O)(=O)Nc2nc3ccccc3nc2Cl)cc1. The van der Waals surface area contributed by atoms with E-state index in [0.717, 1.165) is 0 Å². The molecule has 0 atom stereocenters. The lowest BCUT2D eigenvalue weighted by Crippen LogP contribution is -2.15. The molecule has 26 heavy (non-hydrogen) atoms. The molecule has 0 amide bonds. The van der Waals surface area contributed by atoms with E-state index in [1.54, 1.807) is 24.3 Å². The summed E-state index contributed by atoms with van der Waals surface area (Å²) in [7, 11) is -3.96. The molecule has 0 aliphatic rings. The molecule has 0 aliphatic heterocycles. The zero-order valence-corrected chi connectivity index (χ0v) is 14.7. The third-order valence-electron chi connectivity index (χ3n) is 3.26. The molecule has 1 heterocycles. The molecule has 0 fully saturated rings. The molecule has 0 spiro atoms. The summed E-state index contributed by atoms with van der Waals surface area (Å²) in [6.45, 7) is -0.521. The number of carboxylic acid groups (broad SMARTS) is 1. The van der Waals surface area contributed by atoms with Crippen LogP contribution in [0.2, 0.25) is 5.15 Å². The van der Waals surface area contributed by atoms with E-state index >= 15 is 0 Å². The number of aliphatic carboxylic acids is 1. The Morgan fingerprint density at radius 2 is 1.69 bits per heavy atom. The summed E-state index contributed by atoms with van der Waals surface area (Å²) in [5.74, 6) is -0.987. The standard InChI is InChI=1S/C16H12ClN3O5S/c17-15-16(19-13-4-2-1-3-12(13)18-15)20-26(23,24)11-7-5-10(6-8-11)25-9-14(21)22/h1-8H,9H2,(H,19,20)(H,21,22). The fourth-order valence-corrected chi connectivity index (χ4v) is 3.34. The van der Waals surface area contributed by atoms with E-state index in [2.05, 4.69) is 14.7 Å². The average molecular weight is 394 g/mol. The molecule has 8 nitrogen and oxygen atoms in total. The lowest BCUT2D eigenvalue weighted by molar-refractivity contribution is -0.139. The molecule has 2 N–H and O–H groups in total. The van der Waals surface area contributed by atoms with Crippen LogP contribution < -0.4 is 9.46 Å². The predicted molar refractivity (Wildman–Crippen MR) is 94.9 cm³/mol. The van der Waals surface area contributed by atoms with Crippen molar-refractivity contribution < 1.29 is 23.1 Å². The number of sulfonamides is 1.